The molecule has 4 rings (SSSR count). The molecule has 4 aliphatic rings. The lowest BCUT2D eigenvalue weighted by atomic mass is 9.46. The minimum absolute atomic E-state index is 0.144. The summed E-state index contributed by atoms with van der Waals surface area (Å²) >= 11 is 0. The van der Waals surface area contributed by atoms with Gasteiger partial charge in [0, 0.05) is 24.7 Å². The third-order valence-electron chi connectivity index (χ3n) is 7.62. The predicted molar refractivity (Wildman–Crippen MR) is 81.7 cm³/mol. The van der Waals surface area contributed by atoms with Crippen LogP contribution in [0.2, 0.25) is 0 Å². The van der Waals surface area contributed by atoms with Crippen molar-refractivity contribution < 1.29 is 9.59 Å². The topological polar surface area (TPSA) is 34.1 Å². The van der Waals surface area contributed by atoms with Crippen molar-refractivity contribution in [1.29, 1.82) is 0 Å². The number of carbonyl (C=O) groups is 2. The highest BCUT2D eigenvalue weighted by atomic mass is 16.1. The van der Waals surface area contributed by atoms with Crippen LogP contribution >= 0.6 is 0 Å². The molecule has 0 aromatic heterocycles. The second-order valence-electron chi connectivity index (χ2n) is 8.39. The first-order valence-corrected chi connectivity index (χ1v) is 8.71. The van der Waals surface area contributed by atoms with Gasteiger partial charge in [0.1, 0.15) is 11.6 Å². The average Bonchev–Trinajstić information content (AvgIpc) is 2.76. The van der Waals surface area contributed by atoms with Crippen LogP contribution in [0.1, 0.15) is 65.2 Å². The molecule has 0 aliphatic heterocycles. The summed E-state index contributed by atoms with van der Waals surface area (Å²) < 4.78 is 0. The molecule has 0 N–H and O–H groups in total. The second-order valence-corrected chi connectivity index (χ2v) is 8.39. The summed E-state index contributed by atoms with van der Waals surface area (Å²) in [5, 5.41) is 0. The van der Waals surface area contributed by atoms with Gasteiger partial charge in [0.15, 0.2) is 0 Å². The zero-order valence-corrected chi connectivity index (χ0v) is 13.3. The van der Waals surface area contributed by atoms with Gasteiger partial charge in [-0.3, -0.25) is 9.59 Å². The molecule has 0 unspecified atom stereocenters. The molecule has 0 heterocycles. The maximum atomic E-state index is 12.3. The average molecular weight is 286 g/mol. The third-order valence-corrected chi connectivity index (χ3v) is 7.62. The summed E-state index contributed by atoms with van der Waals surface area (Å²) in [6.45, 7) is 4.63. The van der Waals surface area contributed by atoms with E-state index in [0.29, 0.717) is 41.2 Å². The maximum absolute atomic E-state index is 12.3. The van der Waals surface area contributed by atoms with Crippen molar-refractivity contribution in [3.63, 3.8) is 0 Å². The van der Waals surface area contributed by atoms with Crippen molar-refractivity contribution in [3.05, 3.63) is 11.6 Å². The van der Waals surface area contributed by atoms with Gasteiger partial charge in [0.25, 0.3) is 0 Å². The Morgan fingerprint density at radius 1 is 1.10 bits per heavy atom. The maximum Gasteiger partial charge on any atom is 0.146 e. The van der Waals surface area contributed by atoms with Crippen LogP contribution in [0, 0.1) is 28.6 Å². The van der Waals surface area contributed by atoms with E-state index >= 15 is 0 Å². The quantitative estimate of drug-likeness (QED) is 0.629. The molecule has 0 amide bonds. The monoisotopic (exact) mass is 286 g/mol. The van der Waals surface area contributed by atoms with Gasteiger partial charge in [0.2, 0.25) is 0 Å². The van der Waals surface area contributed by atoms with E-state index in [4.69, 9.17) is 0 Å². The molecule has 0 aromatic carbocycles. The van der Waals surface area contributed by atoms with Gasteiger partial charge < -0.3 is 0 Å². The molecule has 0 aromatic rings. The number of rotatable bonds is 0. The largest absolute Gasteiger partial charge is 0.300 e. The minimum atomic E-state index is -0.144. The molecule has 0 spiro atoms. The van der Waals surface area contributed by atoms with Crippen molar-refractivity contribution in [3.8, 4) is 0 Å². The molecule has 21 heavy (non-hydrogen) atoms. The molecule has 3 saturated carbocycles. The standard InChI is InChI=1S/C19H26O2/c1-18-9-7-13(20)11-12(18)3-4-14-15-5-6-17(21)19(15,2)10-8-16(14)18/h5,12,14,16H,3-4,6-11H2,1-2H3/t12-,14+,16+,18-,19-/m0/s1. The van der Waals surface area contributed by atoms with E-state index in [1.165, 1.54) is 24.8 Å². The van der Waals surface area contributed by atoms with E-state index in [9.17, 15) is 9.59 Å². The Labute approximate surface area is 127 Å². The predicted octanol–water partition coefficient (Wildman–Crippen LogP) is 4.09. The van der Waals surface area contributed by atoms with Gasteiger partial charge in [-0.25, -0.2) is 0 Å². The van der Waals surface area contributed by atoms with Gasteiger partial charge in [-0.15, -0.1) is 0 Å². The molecule has 4 aliphatic carbocycles. The number of hydrogen-bond donors (Lipinski definition) is 0. The number of fused-ring (bicyclic) bond motifs is 5. The lowest BCUT2D eigenvalue weighted by Gasteiger charge is -2.57. The van der Waals surface area contributed by atoms with Gasteiger partial charge in [0.05, 0.1) is 0 Å². The zero-order valence-electron chi connectivity index (χ0n) is 13.3. The van der Waals surface area contributed by atoms with E-state index in [2.05, 4.69) is 19.9 Å². The number of Topliss-reactive ketones (excluding diaryl/α,β-unsaturated/α-hetero) is 2. The first-order valence-electron chi connectivity index (χ1n) is 8.71. The van der Waals surface area contributed by atoms with Gasteiger partial charge in [-0.1, -0.05) is 18.6 Å². The molecule has 5 atom stereocenters. The van der Waals surface area contributed by atoms with Crippen LogP contribution in [0.5, 0.6) is 0 Å². The fraction of sp³-hybridized carbons (Fsp3) is 0.789. The van der Waals surface area contributed by atoms with Gasteiger partial charge >= 0.3 is 0 Å². The third kappa shape index (κ3) is 1.71. The van der Waals surface area contributed by atoms with Crippen LogP contribution in [0.3, 0.4) is 0 Å². The number of carbonyl (C=O) groups excluding carboxylic acids is 2. The Bertz CT molecular complexity index is 546. The molecule has 2 nitrogen and oxygen atoms in total. The Hall–Kier alpha value is -0.920. The van der Waals surface area contributed by atoms with Crippen LogP contribution in [0.25, 0.3) is 0 Å². The fourth-order valence-electron chi connectivity index (χ4n) is 6.19. The SMILES string of the molecule is C[C@]12CC[C@@H]3[C@H](CC[C@H]4CC(=O)CC[C@@]43C)C1=CCC2=O. The van der Waals surface area contributed by atoms with Gasteiger partial charge in [-0.2, -0.15) is 0 Å². The molecule has 0 saturated heterocycles. The Balaban J connectivity index is 1.68. The summed E-state index contributed by atoms with van der Waals surface area (Å²) in [5.74, 6) is 2.84. The zero-order chi connectivity index (χ0) is 14.8. The minimum Gasteiger partial charge on any atom is -0.300 e. The van der Waals surface area contributed by atoms with Crippen LogP contribution in [0.15, 0.2) is 11.6 Å². The molecule has 0 radical (unpaired) electrons. The molecule has 2 heteroatoms. The number of ketones is 2. The lowest BCUT2D eigenvalue weighted by Crippen LogP contribution is -2.51. The first-order chi connectivity index (χ1) is 9.95. The summed E-state index contributed by atoms with van der Waals surface area (Å²) in [6, 6.07) is 0. The highest BCUT2D eigenvalue weighted by molar-refractivity contribution is 5.92. The smallest absolute Gasteiger partial charge is 0.146 e. The van der Waals surface area contributed by atoms with Crippen molar-refractivity contribution in [2.24, 2.45) is 28.6 Å². The number of allylic oxidation sites excluding steroid dienone is 2. The van der Waals surface area contributed by atoms with Crippen LogP contribution < -0.4 is 0 Å². The molecule has 114 valence electrons. The summed E-state index contributed by atoms with van der Waals surface area (Å²) in [5.41, 5.74) is 1.67. The second kappa shape index (κ2) is 4.30. The fourth-order valence-corrected chi connectivity index (χ4v) is 6.19. The van der Waals surface area contributed by atoms with Crippen LogP contribution in [-0.4, -0.2) is 11.6 Å². The van der Waals surface area contributed by atoms with Crippen molar-refractivity contribution >= 4 is 11.6 Å². The molecular formula is C19H26O2. The highest BCUT2D eigenvalue weighted by Crippen LogP contribution is 2.63. The Morgan fingerprint density at radius 2 is 1.90 bits per heavy atom. The lowest BCUT2D eigenvalue weighted by molar-refractivity contribution is -0.133. The van der Waals surface area contributed by atoms with Crippen molar-refractivity contribution in [1.82, 2.24) is 0 Å². The molecular weight excluding hydrogens is 260 g/mol. The van der Waals surface area contributed by atoms with Crippen LogP contribution in [0.4, 0.5) is 0 Å². The Kier molecular flexibility index (Phi) is 2.81. The van der Waals surface area contributed by atoms with E-state index in [-0.39, 0.29) is 5.41 Å². The van der Waals surface area contributed by atoms with E-state index < -0.39 is 0 Å². The van der Waals surface area contributed by atoms with E-state index in [0.717, 1.165) is 25.7 Å². The van der Waals surface area contributed by atoms with Gasteiger partial charge in [-0.05, 0) is 62.2 Å². The highest BCUT2D eigenvalue weighted by Gasteiger charge is 2.57. The molecule has 3 fully saturated rings. The van der Waals surface area contributed by atoms with E-state index in [1.807, 2.05) is 0 Å². The first kappa shape index (κ1) is 13.7. The summed E-state index contributed by atoms with van der Waals surface area (Å²) in [7, 11) is 0. The number of hydrogen-bond acceptors (Lipinski definition) is 2. The van der Waals surface area contributed by atoms with Crippen LogP contribution in [-0.2, 0) is 9.59 Å². The van der Waals surface area contributed by atoms with Crippen molar-refractivity contribution in [2.75, 3.05) is 0 Å². The summed E-state index contributed by atoms with van der Waals surface area (Å²) in [6.07, 6.45) is 10.2. The Morgan fingerprint density at radius 3 is 2.71 bits per heavy atom. The summed E-state index contributed by atoms with van der Waals surface area (Å²) in [4.78, 5) is 24.2. The molecule has 0 bridgehead atoms. The normalized spacial score (nSPS) is 49.2. The van der Waals surface area contributed by atoms with E-state index in [1.54, 1.807) is 0 Å². The van der Waals surface area contributed by atoms with Crippen molar-refractivity contribution in [2.45, 2.75) is 65.2 Å².